The number of fused-ring (bicyclic) bond motifs is 1. The normalized spacial score (nSPS) is 16.1. The Morgan fingerprint density at radius 3 is 2.67 bits per heavy atom. The minimum Gasteiger partial charge on any atom is -0.360 e. The summed E-state index contributed by atoms with van der Waals surface area (Å²) in [5.41, 5.74) is 0.782. The van der Waals surface area contributed by atoms with Crippen molar-refractivity contribution in [3.63, 3.8) is 0 Å². The van der Waals surface area contributed by atoms with Crippen LogP contribution in [0.25, 0.3) is 10.9 Å². The highest BCUT2D eigenvalue weighted by atomic mass is 19.4. The van der Waals surface area contributed by atoms with E-state index in [-0.39, 0.29) is 25.4 Å². The number of amides is 1. The van der Waals surface area contributed by atoms with Gasteiger partial charge in [-0.25, -0.2) is 0 Å². The van der Waals surface area contributed by atoms with Gasteiger partial charge in [0.15, 0.2) is 0 Å². The van der Waals surface area contributed by atoms with E-state index < -0.39 is 11.7 Å². The lowest BCUT2D eigenvalue weighted by molar-refractivity contribution is -0.0957. The SMILES string of the molecule is O=C(c1c[nH]c2ccccc12)N1CC=C(C(F)(F)F)CC1. The molecule has 110 valence electrons. The highest BCUT2D eigenvalue weighted by Gasteiger charge is 2.35. The number of aromatic amines is 1. The van der Waals surface area contributed by atoms with E-state index in [2.05, 4.69) is 4.98 Å². The van der Waals surface area contributed by atoms with E-state index in [0.717, 1.165) is 17.0 Å². The first-order chi connectivity index (χ1) is 9.97. The topological polar surface area (TPSA) is 36.1 Å². The number of aromatic nitrogens is 1. The van der Waals surface area contributed by atoms with Crippen LogP contribution in [0.1, 0.15) is 16.8 Å². The van der Waals surface area contributed by atoms with Crippen molar-refractivity contribution in [3.8, 4) is 0 Å². The van der Waals surface area contributed by atoms with Crippen LogP contribution < -0.4 is 0 Å². The van der Waals surface area contributed by atoms with Crippen LogP contribution in [0, 0.1) is 0 Å². The van der Waals surface area contributed by atoms with Crippen LogP contribution in [0.5, 0.6) is 0 Å². The predicted molar refractivity (Wildman–Crippen MR) is 73.0 cm³/mol. The monoisotopic (exact) mass is 294 g/mol. The number of rotatable bonds is 1. The van der Waals surface area contributed by atoms with Gasteiger partial charge < -0.3 is 9.88 Å². The van der Waals surface area contributed by atoms with Gasteiger partial charge in [0.1, 0.15) is 0 Å². The lowest BCUT2D eigenvalue weighted by Crippen LogP contribution is -2.36. The van der Waals surface area contributed by atoms with Gasteiger partial charge in [-0.1, -0.05) is 24.3 Å². The lowest BCUT2D eigenvalue weighted by Gasteiger charge is -2.27. The first-order valence-electron chi connectivity index (χ1n) is 6.58. The zero-order chi connectivity index (χ0) is 15.0. The van der Waals surface area contributed by atoms with Crippen LogP contribution in [-0.4, -0.2) is 35.1 Å². The molecule has 0 bridgehead atoms. The van der Waals surface area contributed by atoms with Gasteiger partial charge in [-0.3, -0.25) is 4.79 Å². The number of hydrogen-bond acceptors (Lipinski definition) is 1. The molecule has 3 nitrogen and oxygen atoms in total. The van der Waals surface area contributed by atoms with Crippen LogP contribution in [0.2, 0.25) is 0 Å². The van der Waals surface area contributed by atoms with Crippen LogP contribution in [0.15, 0.2) is 42.1 Å². The van der Waals surface area contributed by atoms with Gasteiger partial charge >= 0.3 is 6.18 Å². The second-order valence-electron chi connectivity index (χ2n) is 4.98. The molecule has 0 fully saturated rings. The standard InChI is InChI=1S/C15H13F3N2O/c16-15(17,18)10-5-7-20(8-6-10)14(21)12-9-19-13-4-2-1-3-11(12)13/h1-5,9,19H,6-8H2. The number of alkyl halides is 3. The molecule has 1 aliphatic rings. The number of para-hydroxylation sites is 1. The Morgan fingerprint density at radius 2 is 2.00 bits per heavy atom. The van der Waals surface area contributed by atoms with Crippen molar-refractivity contribution in [1.82, 2.24) is 9.88 Å². The fraction of sp³-hybridized carbons (Fsp3) is 0.267. The van der Waals surface area contributed by atoms with Crippen molar-refractivity contribution < 1.29 is 18.0 Å². The van der Waals surface area contributed by atoms with Crippen molar-refractivity contribution in [3.05, 3.63) is 47.7 Å². The molecule has 0 spiro atoms. The Kier molecular flexibility index (Phi) is 3.23. The third-order valence-electron chi connectivity index (χ3n) is 3.68. The molecule has 1 aromatic heterocycles. The molecule has 0 aliphatic carbocycles. The molecule has 0 atom stereocenters. The quantitative estimate of drug-likeness (QED) is 0.803. The number of H-pyrrole nitrogens is 1. The predicted octanol–water partition coefficient (Wildman–Crippen LogP) is 3.50. The van der Waals surface area contributed by atoms with E-state index in [9.17, 15) is 18.0 Å². The number of carbonyl (C=O) groups excluding carboxylic acids is 1. The molecule has 0 saturated heterocycles. The van der Waals surface area contributed by atoms with E-state index in [1.165, 1.54) is 4.90 Å². The molecule has 6 heteroatoms. The van der Waals surface area contributed by atoms with Gasteiger partial charge in [0.05, 0.1) is 5.56 Å². The summed E-state index contributed by atoms with van der Waals surface area (Å²) >= 11 is 0. The summed E-state index contributed by atoms with van der Waals surface area (Å²) in [5.74, 6) is -0.245. The molecule has 1 aliphatic heterocycles. The van der Waals surface area contributed by atoms with Gasteiger partial charge in [0.2, 0.25) is 0 Å². The highest BCUT2D eigenvalue weighted by Crippen LogP contribution is 2.30. The molecule has 21 heavy (non-hydrogen) atoms. The number of benzene rings is 1. The summed E-state index contributed by atoms with van der Waals surface area (Å²) in [4.78, 5) is 16.9. The maximum Gasteiger partial charge on any atom is 0.412 e. The van der Waals surface area contributed by atoms with Gasteiger partial charge in [0, 0.05) is 35.8 Å². The third-order valence-corrected chi connectivity index (χ3v) is 3.68. The fourth-order valence-corrected chi connectivity index (χ4v) is 2.53. The van der Waals surface area contributed by atoms with E-state index in [4.69, 9.17) is 0 Å². The molecular weight excluding hydrogens is 281 g/mol. The third kappa shape index (κ3) is 2.53. The van der Waals surface area contributed by atoms with E-state index >= 15 is 0 Å². The molecule has 1 amide bonds. The minimum atomic E-state index is -4.30. The molecule has 0 unspecified atom stereocenters. The van der Waals surface area contributed by atoms with Crippen molar-refractivity contribution in [2.24, 2.45) is 0 Å². The Labute approximate surface area is 119 Å². The highest BCUT2D eigenvalue weighted by molar-refractivity contribution is 6.06. The van der Waals surface area contributed by atoms with Crippen LogP contribution in [-0.2, 0) is 0 Å². The second-order valence-corrected chi connectivity index (χ2v) is 4.98. The number of halogens is 3. The van der Waals surface area contributed by atoms with E-state index in [1.54, 1.807) is 6.20 Å². The zero-order valence-electron chi connectivity index (χ0n) is 11.1. The first-order valence-corrected chi connectivity index (χ1v) is 6.58. The van der Waals surface area contributed by atoms with Crippen molar-refractivity contribution >= 4 is 16.8 Å². The van der Waals surface area contributed by atoms with Crippen molar-refractivity contribution in [2.75, 3.05) is 13.1 Å². The Balaban J connectivity index is 1.83. The molecule has 0 radical (unpaired) electrons. The summed E-state index contributed by atoms with van der Waals surface area (Å²) in [6.07, 6.45) is -1.75. The summed E-state index contributed by atoms with van der Waals surface area (Å²) in [6, 6.07) is 7.35. The van der Waals surface area contributed by atoms with Gasteiger partial charge in [-0.2, -0.15) is 13.2 Å². The van der Waals surface area contributed by atoms with Gasteiger partial charge in [-0.15, -0.1) is 0 Å². The number of carbonyl (C=O) groups is 1. The van der Waals surface area contributed by atoms with Gasteiger partial charge in [0.25, 0.3) is 5.91 Å². The molecule has 1 aromatic carbocycles. The van der Waals surface area contributed by atoms with Crippen LogP contribution >= 0.6 is 0 Å². The Hall–Kier alpha value is -2.24. The first kappa shape index (κ1) is 13.7. The molecule has 2 heterocycles. The minimum absolute atomic E-state index is 0.00676. The molecule has 2 aromatic rings. The average Bonchev–Trinajstić information content (AvgIpc) is 2.90. The molecule has 1 N–H and O–H groups in total. The van der Waals surface area contributed by atoms with Crippen molar-refractivity contribution in [1.29, 1.82) is 0 Å². The molecular formula is C15H13F3N2O. The number of hydrogen-bond donors (Lipinski definition) is 1. The Bertz CT molecular complexity index is 715. The molecule has 0 saturated carbocycles. The largest absolute Gasteiger partial charge is 0.412 e. The second kappa shape index (κ2) is 4.95. The summed E-state index contributed by atoms with van der Waals surface area (Å²) < 4.78 is 37.7. The van der Waals surface area contributed by atoms with Gasteiger partial charge in [-0.05, 0) is 12.5 Å². The summed E-state index contributed by atoms with van der Waals surface area (Å²) in [5, 5.41) is 0.785. The fourth-order valence-electron chi connectivity index (χ4n) is 2.53. The maximum atomic E-state index is 12.6. The average molecular weight is 294 g/mol. The summed E-state index contributed by atoms with van der Waals surface area (Å²) in [7, 11) is 0. The zero-order valence-corrected chi connectivity index (χ0v) is 11.1. The van der Waals surface area contributed by atoms with E-state index in [1.807, 2.05) is 24.3 Å². The maximum absolute atomic E-state index is 12.6. The lowest BCUT2D eigenvalue weighted by atomic mass is 10.1. The Morgan fingerprint density at radius 1 is 1.24 bits per heavy atom. The number of nitrogens with one attached hydrogen (secondary N) is 1. The summed E-state index contributed by atoms with van der Waals surface area (Å²) in [6.45, 7) is 0.0802. The van der Waals surface area contributed by atoms with Crippen LogP contribution in [0.4, 0.5) is 13.2 Å². The van der Waals surface area contributed by atoms with Crippen LogP contribution in [0.3, 0.4) is 0 Å². The molecule has 3 rings (SSSR count). The smallest absolute Gasteiger partial charge is 0.360 e. The van der Waals surface area contributed by atoms with Crippen molar-refractivity contribution in [2.45, 2.75) is 12.6 Å². The van der Waals surface area contributed by atoms with E-state index in [0.29, 0.717) is 5.56 Å². The number of nitrogens with zero attached hydrogens (tertiary/aromatic N) is 1.